The predicted octanol–water partition coefficient (Wildman–Crippen LogP) is 4.00. The number of benzene rings is 1. The quantitative estimate of drug-likeness (QED) is 0.141. The third kappa shape index (κ3) is 10.2. The molecule has 0 spiro atoms. The number of methoxy groups -OCH3 is 2. The molecule has 16 nitrogen and oxygen atoms in total. The van der Waals surface area contributed by atoms with Gasteiger partial charge >= 0.3 is 12.1 Å². The number of amides is 5. The first-order chi connectivity index (χ1) is 27.8. The van der Waals surface area contributed by atoms with Gasteiger partial charge in [-0.25, -0.2) is 9.59 Å². The summed E-state index contributed by atoms with van der Waals surface area (Å²) in [5, 5.41) is 14.5. The Morgan fingerprint density at radius 1 is 1.12 bits per heavy atom. The van der Waals surface area contributed by atoms with Crippen molar-refractivity contribution in [3.63, 3.8) is 0 Å². The number of epoxide rings is 1. The molecule has 17 heteroatoms. The first-order valence-corrected chi connectivity index (χ1v) is 20.1. The Labute approximate surface area is 349 Å². The second kappa shape index (κ2) is 18.7. The molecule has 4 bridgehead atoms. The molecule has 4 heterocycles. The van der Waals surface area contributed by atoms with Gasteiger partial charge in [0.2, 0.25) is 11.8 Å². The molecule has 8 atom stereocenters. The van der Waals surface area contributed by atoms with Crippen LogP contribution in [0.3, 0.4) is 0 Å². The van der Waals surface area contributed by atoms with Gasteiger partial charge in [0, 0.05) is 58.7 Å². The molecule has 5 rings (SSSR count). The molecule has 4 aliphatic rings. The first-order valence-electron chi connectivity index (χ1n) is 19.7. The van der Waals surface area contributed by atoms with E-state index < -0.39 is 65.7 Å². The zero-order chi connectivity index (χ0) is 43.4. The lowest BCUT2D eigenvalue weighted by Crippen LogP contribution is -2.63. The average Bonchev–Trinajstić information content (AvgIpc) is 3.79. The van der Waals surface area contributed by atoms with Crippen molar-refractivity contribution in [1.82, 2.24) is 15.1 Å². The number of esters is 1. The van der Waals surface area contributed by atoms with Crippen molar-refractivity contribution < 1.29 is 57.6 Å². The molecule has 2 saturated heterocycles. The predicted molar refractivity (Wildman–Crippen MR) is 215 cm³/mol. The van der Waals surface area contributed by atoms with Crippen molar-refractivity contribution in [3.8, 4) is 5.75 Å². The maximum absolute atomic E-state index is 14.2. The molecule has 2 N–H and O–H groups in total. The van der Waals surface area contributed by atoms with Gasteiger partial charge in [-0.2, -0.15) is 0 Å². The number of allylic oxidation sites excluding steroid dienone is 3. The lowest BCUT2D eigenvalue weighted by molar-refractivity contribution is -0.162. The molecule has 59 heavy (non-hydrogen) atoms. The number of alkyl carbamates (subject to hydrolysis) is 1. The molecule has 4 aliphatic heterocycles. The Bertz CT molecular complexity index is 1900. The molecule has 0 saturated carbocycles. The van der Waals surface area contributed by atoms with Gasteiger partial charge in [0.15, 0.2) is 5.72 Å². The molecule has 0 aromatic heterocycles. The Kier molecular flexibility index (Phi) is 14.3. The van der Waals surface area contributed by atoms with E-state index in [2.05, 4.69) is 5.32 Å². The van der Waals surface area contributed by atoms with Gasteiger partial charge < -0.3 is 38.6 Å². The number of carbonyl (C=O) groups is 6. The Hall–Kier alpha value is -4.77. The number of anilines is 1. The van der Waals surface area contributed by atoms with Crippen LogP contribution in [0, 0.1) is 5.92 Å². The molecular formula is C42H55ClN4O12. The average molecular weight is 843 g/mol. The fourth-order valence-electron chi connectivity index (χ4n) is 7.77. The monoisotopic (exact) mass is 842 g/mol. The number of ether oxygens (including phenoxy) is 5. The lowest BCUT2D eigenvalue weighted by Gasteiger charge is -2.42. The summed E-state index contributed by atoms with van der Waals surface area (Å²) in [7, 11) is 5.94. The molecule has 322 valence electrons. The molecular weight excluding hydrogens is 788 g/mol. The van der Waals surface area contributed by atoms with E-state index in [0.29, 0.717) is 37.1 Å². The van der Waals surface area contributed by atoms with Crippen molar-refractivity contribution in [2.45, 2.75) is 114 Å². The van der Waals surface area contributed by atoms with E-state index >= 15 is 0 Å². The summed E-state index contributed by atoms with van der Waals surface area (Å²) in [6.45, 7) is 7.16. The number of imide groups is 1. The van der Waals surface area contributed by atoms with E-state index in [1.165, 1.54) is 50.1 Å². The van der Waals surface area contributed by atoms with E-state index in [0.717, 1.165) is 16.0 Å². The molecule has 1 aromatic carbocycles. The lowest BCUT2D eigenvalue weighted by atomic mass is 9.83. The van der Waals surface area contributed by atoms with Crippen molar-refractivity contribution >= 4 is 53.0 Å². The Morgan fingerprint density at radius 2 is 1.81 bits per heavy atom. The second-order valence-corrected chi connectivity index (χ2v) is 16.3. The van der Waals surface area contributed by atoms with Gasteiger partial charge in [0.1, 0.15) is 40.7 Å². The smallest absolute Gasteiger partial charge is 0.409 e. The standard InChI is InChI=1S/C42H55ClN4O12/c1-24-13-12-14-31(56-8)42(54)23-30(57-40(53)44-42)25(2)38-41(4,59-38)32(22-36(51)46(6)28-20-27(19-24)21-29(55-7)37(28)43)58-39(52)26(3)45(5)33(48)15-10-9-11-18-47-34(49)16-17-35(47)50/h12-14,16-17,20-21,25-26,30-32,38,54H,9-11,15,18-19,22-23H2,1-8H3,(H,44,53)/b14-12+,24-13+/t25-,26+,30+,31-,32+,38?,41?,42+/m1/s1. The van der Waals surface area contributed by atoms with E-state index in [9.17, 15) is 33.9 Å². The van der Waals surface area contributed by atoms with Gasteiger partial charge in [-0.3, -0.25) is 29.4 Å². The number of halogens is 1. The minimum Gasteiger partial charge on any atom is -0.495 e. The number of likely N-dealkylation sites (N-methyl/N-ethyl adjacent to an activating group) is 1. The number of carbonyl (C=O) groups excluding carboxylic acids is 6. The minimum absolute atomic E-state index is 0.0761. The normalized spacial score (nSPS) is 30.4. The Morgan fingerprint density at radius 3 is 2.47 bits per heavy atom. The van der Waals surface area contributed by atoms with Crippen LogP contribution >= 0.6 is 11.6 Å². The van der Waals surface area contributed by atoms with Crippen molar-refractivity contribution in [3.05, 3.63) is 58.7 Å². The number of unbranched alkanes of at least 4 members (excludes halogenated alkanes) is 2. The zero-order valence-corrected chi connectivity index (χ0v) is 35.6. The highest BCUT2D eigenvalue weighted by Crippen LogP contribution is 2.49. The summed E-state index contributed by atoms with van der Waals surface area (Å²) >= 11 is 6.77. The fourth-order valence-corrected chi connectivity index (χ4v) is 8.08. The van der Waals surface area contributed by atoms with Gasteiger partial charge in [-0.15, -0.1) is 0 Å². The summed E-state index contributed by atoms with van der Waals surface area (Å²) in [6, 6.07) is 2.50. The van der Waals surface area contributed by atoms with Crippen molar-refractivity contribution in [2.24, 2.45) is 5.92 Å². The van der Waals surface area contributed by atoms with Gasteiger partial charge in [-0.1, -0.05) is 48.7 Å². The fraction of sp³-hybridized carbons (Fsp3) is 0.571. The number of nitrogens with one attached hydrogen (secondary N) is 1. The summed E-state index contributed by atoms with van der Waals surface area (Å²) < 4.78 is 29.3. The number of nitrogens with zero attached hydrogens (tertiary/aromatic N) is 3. The molecule has 2 fully saturated rings. The molecule has 0 aliphatic carbocycles. The summed E-state index contributed by atoms with van der Waals surface area (Å²) in [5.41, 5.74) is -1.05. The summed E-state index contributed by atoms with van der Waals surface area (Å²) in [4.78, 5) is 81.6. The van der Waals surface area contributed by atoms with Gasteiger partial charge in [-0.05, 0) is 57.7 Å². The van der Waals surface area contributed by atoms with Crippen LogP contribution in [0.1, 0.15) is 71.8 Å². The molecule has 2 unspecified atom stereocenters. The van der Waals surface area contributed by atoms with E-state index in [1.807, 2.05) is 13.0 Å². The van der Waals surface area contributed by atoms with Gasteiger partial charge in [0.25, 0.3) is 11.8 Å². The largest absolute Gasteiger partial charge is 0.495 e. The maximum Gasteiger partial charge on any atom is 0.409 e. The zero-order valence-electron chi connectivity index (χ0n) is 34.8. The maximum atomic E-state index is 14.2. The van der Waals surface area contributed by atoms with Crippen LogP contribution in [-0.4, -0.2) is 127 Å². The highest BCUT2D eigenvalue weighted by molar-refractivity contribution is 6.35. The van der Waals surface area contributed by atoms with Crippen molar-refractivity contribution in [1.29, 1.82) is 0 Å². The number of fused-ring (bicyclic) bond motifs is 5. The van der Waals surface area contributed by atoms with E-state index in [-0.39, 0.29) is 48.6 Å². The number of hydrogen-bond donors (Lipinski definition) is 2. The third-order valence-corrected chi connectivity index (χ3v) is 12.1. The van der Waals surface area contributed by atoms with Crippen LogP contribution < -0.4 is 15.0 Å². The highest BCUT2D eigenvalue weighted by Gasteiger charge is 2.64. The third-order valence-electron chi connectivity index (χ3n) is 11.7. The number of rotatable bonds is 11. The van der Waals surface area contributed by atoms with Crippen LogP contribution in [0.4, 0.5) is 10.5 Å². The topological polar surface area (TPSA) is 194 Å². The van der Waals surface area contributed by atoms with Crippen LogP contribution in [-0.2, 0) is 49.3 Å². The summed E-state index contributed by atoms with van der Waals surface area (Å²) in [5.74, 6) is -2.49. The number of aliphatic hydroxyl groups is 1. The highest BCUT2D eigenvalue weighted by atomic mass is 35.5. The SMILES string of the molecule is COc1cc2cc(c1Cl)N(C)C(=O)C[C@H](OC(=O)[C@H](C)N(C)C(=O)CCCCCN1C(=O)C=CC1=O)C1(C)OC1[C@H](C)[C@@H]1C[C@@](O)(NC(=O)O1)[C@H](OC)/C=C/C=C(\C)C2. The molecule has 1 aromatic rings. The minimum atomic E-state index is -1.85. The molecule has 0 radical (unpaired) electrons. The molecule has 5 amide bonds. The van der Waals surface area contributed by atoms with E-state index in [1.54, 1.807) is 45.2 Å². The van der Waals surface area contributed by atoms with Crippen LogP contribution in [0.5, 0.6) is 5.75 Å². The first kappa shape index (κ1) is 45.3. The van der Waals surface area contributed by atoms with E-state index in [4.69, 9.17) is 35.3 Å². The second-order valence-electron chi connectivity index (χ2n) is 15.9. The Balaban J connectivity index is 1.39. The summed E-state index contributed by atoms with van der Waals surface area (Å²) in [6.07, 6.45) is 4.78. The van der Waals surface area contributed by atoms with Crippen LogP contribution in [0.15, 0.2) is 48.1 Å². The van der Waals surface area contributed by atoms with Crippen LogP contribution in [0.25, 0.3) is 0 Å². The van der Waals surface area contributed by atoms with Gasteiger partial charge in [0.05, 0.1) is 25.3 Å². The number of hydrogen-bond acceptors (Lipinski definition) is 12. The van der Waals surface area contributed by atoms with Crippen LogP contribution in [0.2, 0.25) is 5.02 Å². The van der Waals surface area contributed by atoms with Crippen molar-refractivity contribution in [2.75, 3.05) is 39.8 Å².